The van der Waals surface area contributed by atoms with Crippen LogP contribution in [0.15, 0.2) is 41.0 Å². The summed E-state index contributed by atoms with van der Waals surface area (Å²) in [4.78, 5) is 0. The highest BCUT2D eigenvalue weighted by molar-refractivity contribution is 5.66. The second-order valence-corrected chi connectivity index (χ2v) is 3.75. The van der Waals surface area contributed by atoms with Gasteiger partial charge in [0, 0.05) is 5.56 Å². The number of rotatable bonds is 5. The third-order valence-corrected chi connectivity index (χ3v) is 2.54. The predicted octanol–water partition coefficient (Wildman–Crippen LogP) is 3.06. The van der Waals surface area contributed by atoms with E-state index in [0.29, 0.717) is 6.61 Å². The third-order valence-electron chi connectivity index (χ3n) is 2.54. The normalized spacial score (nSPS) is 10.5. The second kappa shape index (κ2) is 5.55. The van der Waals surface area contributed by atoms with E-state index in [1.807, 2.05) is 38.2 Å². The van der Waals surface area contributed by atoms with E-state index < -0.39 is 0 Å². The molecule has 3 nitrogen and oxygen atoms in total. The van der Waals surface area contributed by atoms with Crippen molar-refractivity contribution in [1.82, 2.24) is 5.32 Å². The molecule has 2 rings (SSSR count). The fourth-order valence-corrected chi connectivity index (χ4v) is 1.82. The third kappa shape index (κ3) is 2.68. The first-order valence-corrected chi connectivity index (χ1v) is 5.79. The molecule has 1 heterocycles. The van der Waals surface area contributed by atoms with E-state index in [9.17, 15) is 0 Å². The maximum atomic E-state index is 5.50. The zero-order chi connectivity index (χ0) is 12.1. The smallest absolute Gasteiger partial charge is 0.125 e. The van der Waals surface area contributed by atoms with E-state index in [-0.39, 0.29) is 0 Å². The molecule has 90 valence electrons. The number of nitrogens with one attached hydrogen (secondary N) is 1. The molecule has 0 unspecified atom stereocenters. The molecule has 0 aliphatic rings. The molecule has 0 radical (unpaired) electrons. The van der Waals surface area contributed by atoms with Gasteiger partial charge in [-0.15, -0.1) is 0 Å². The Kier molecular flexibility index (Phi) is 3.83. The molecule has 2 aromatic rings. The van der Waals surface area contributed by atoms with Crippen molar-refractivity contribution in [3.8, 4) is 16.9 Å². The molecule has 0 saturated carbocycles. The van der Waals surface area contributed by atoms with E-state index in [0.717, 1.165) is 29.2 Å². The second-order valence-electron chi connectivity index (χ2n) is 3.75. The molecule has 0 aliphatic heterocycles. The number of benzene rings is 1. The zero-order valence-electron chi connectivity index (χ0n) is 10.2. The molecular weight excluding hydrogens is 214 g/mol. The molecule has 0 atom stereocenters. The van der Waals surface area contributed by atoms with Crippen LogP contribution in [0.1, 0.15) is 12.7 Å². The van der Waals surface area contributed by atoms with E-state index in [2.05, 4.69) is 11.4 Å². The number of ether oxygens (including phenoxy) is 1. The molecule has 17 heavy (non-hydrogen) atoms. The Hall–Kier alpha value is -1.74. The Labute approximate surface area is 101 Å². The van der Waals surface area contributed by atoms with Crippen LogP contribution in [0.2, 0.25) is 0 Å². The van der Waals surface area contributed by atoms with Crippen LogP contribution in [-0.2, 0) is 6.54 Å². The van der Waals surface area contributed by atoms with Gasteiger partial charge in [-0.2, -0.15) is 0 Å². The Morgan fingerprint density at radius 3 is 2.94 bits per heavy atom. The lowest BCUT2D eigenvalue weighted by molar-refractivity contribution is 0.340. The van der Waals surface area contributed by atoms with Crippen molar-refractivity contribution in [2.24, 2.45) is 0 Å². The summed E-state index contributed by atoms with van der Waals surface area (Å²) < 4.78 is 11.0. The van der Waals surface area contributed by atoms with Gasteiger partial charge in [0.05, 0.1) is 19.4 Å². The highest BCUT2D eigenvalue weighted by Gasteiger charge is 2.08. The summed E-state index contributed by atoms with van der Waals surface area (Å²) in [6.45, 7) is 3.39. The molecule has 1 aromatic heterocycles. The first kappa shape index (κ1) is 11.7. The summed E-state index contributed by atoms with van der Waals surface area (Å²) in [6.07, 6.45) is 1.72. The highest BCUT2D eigenvalue weighted by Crippen LogP contribution is 2.27. The summed E-state index contributed by atoms with van der Waals surface area (Å²) in [5.74, 6) is 1.84. The monoisotopic (exact) mass is 231 g/mol. The van der Waals surface area contributed by atoms with Crippen molar-refractivity contribution in [2.75, 3.05) is 13.7 Å². The number of furan rings is 1. The fourth-order valence-electron chi connectivity index (χ4n) is 1.82. The largest absolute Gasteiger partial charge is 0.494 e. The summed E-state index contributed by atoms with van der Waals surface area (Å²) in [6, 6.07) is 10.0. The van der Waals surface area contributed by atoms with Crippen LogP contribution < -0.4 is 10.1 Å². The lowest BCUT2D eigenvalue weighted by Crippen LogP contribution is -2.04. The van der Waals surface area contributed by atoms with Crippen molar-refractivity contribution >= 4 is 0 Å². The SMILES string of the molecule is CCOc1cccc(-c2ccoc2CNC)c1. The number of hydrogen-bond donors (Lipinski definition) is 1. The van der Waals surface area contributed by atoms with Crippen molar-refractivity contribution in [1.29, 1.82) is 0 Å². The van der Waals surface area contributed by atoms with Crippen molar-refractivity contribution in [3.05, 3.63) is 42.4 Å². The molecular formula is C14H17NO2. The van der Waals surface area contributed by atoms with E-state index in [1.165, 1.54) is 0 Å². The minimum Gasteiger partial charge on any atom is -0.494 e. The van der Waals surface area contributed by atoms with Crippen LogP contribution in [0.3, 0.4) is 0 Å². The first-order valence-electron chi connectivity index (χ1n) is 5.79. The topological polar surface area (TPSA) is 34.4 Å². The van der Waals surface area contributed by atoms with Crippen LogP contribution in [0, 0.1) is 0 Å². The van der Waals surface area contributed by atoms with Gasteiger partial charge in [0.25, 0.3) is 0 Å². The van der Waals surface area contributed by atoms with Crippen LogP contribution in [0.4, 0.5) is 0 Å². The lowest BCUT2D eigenvalue weighted by Gasteiger charge is -2.06. The van der Waals surface area contributed by atoms with Gasteiger partial charge in [-0.05, 0) is 37.7 Å². The van der Waals surface area contributed by atoms with Gasteiger partial charge in [-0.25, -0.2) is 0 Å². The van der Waals surface area contributed by atoms with Gasteiger partial charge in [0.2, 0.25) is 0 Å². The summed E-state index contributed by atoms with van der Waals surface area (Å²) in [5.41, 5.74) is 2.23. The Morgan fingerprint density at radius 1 is 1.29 bits per heavy atom. The minimum atomic E-state index is 0.679. The maximum absolute atomic E-state index is 5.50. The zero-order valence-corrected chi connectivity index (χ0v) is 10.2. The molecule has 0 bridgehead atoms. The highest BCUT2D eigenvalue weighted by atomic mass is 16.5. The van der Waals surface area contributed by atoms with Gasteiger partial charge < -0.3 is 14.5 Å². The number of hydrogen-bond acceptors (Lipinski definition) is 3. The van der Waals surface area contributed by atoms with Gasteiger partial charge in [-0.1, -0.05) is 12.1 Å². The Balaban J connectivity index is 2.31. The molecule has 1 N–H and O–H groups in total. The predicted molar refractivity (Wildman–Crippen MR) is 68.1 cm³/mol. The average molecular weight is 231 g/mol. The van der Waals surface area contributed by atoms with Crippen LogP contribution in [0.25, 0.3) is 11.1 Å². The summed E-state index contributed by atoms with van der Waals surface area (Å²) in [7, 11) is 1.91. The van der Waals surface area contributed by atoms with Gasteiger partial charge in [0.15, 0.2) is 0 Å². The van der Waals surface area contributed by atoms with Crippen LogP contribution >= 0.6 is 0 Å². The van der Waals surface area contributed by atoms with Gasteiger partial charge in [0.1, 0.15) is 11.5 Å². The fraction of sp³-hybridized carbons (Fsp3) is 0.286. The first-order chi connectivity index (χ1) is 8.35. The van der Waals surface area contributed by atoms with E-state index in [1.54, 1.807) is 6.26 Å². The lowest BCUT2D eigenvalue weighted by atomic mass is 10.1. The van der Waals surface area contributed by atoms with Crippen molar-refractivity contribution in [3.63, 3.8) is 0 Å². The molecule has 0 amide bonds. The Morgan fingerprint density at radius 2 is 2.18 bits per heavy atom. The van der Waals surface area contributed by atoms with Crippen LogP contribution in [-0.4, -0.2) is 13.7 Å². The quantitative estimate of drug-likeness (QED) is 0.858. The molecule has 3 heteroatoms. The maximum Gasteiger partial charge on any atom is 0.125 e. The standard InChI is InChI=1S/C14H17NO2/c1-3-16-12-6-4-5-11(9-12)13-7-8-17-14(13)10-15-2/h4-9,15H,3,10H2,1-2H3. The summed E-state index contributed by atoms with van der Waals surface area (Å²) >= 11 is 0. The van der Waals surface area contributed by atoms with Crippen molar-refractivity contribution in [2.45, 2.75) is 13.5 Å². The summed E-state index contributed by atoms with van der Waals surface area (Å²) in [5, 5.41) is 3.10. The average Bonchev–Trinajstić information content (AvgIpc) is 2.79. The van der Waals surface area contributed by atoms with Gasteiger partial charge >= 0.3 is 0 Å². The molecule has 1 aromatic carbocycles. The van der Waals surface area contributed by atoms with Crippen molar-refractivity contribution < 1.29 is 9.15 Å². The van der Waals surface area contributed by atoms with Crippen LogP contribution in [0.5, 0.6) is 5.75 Å². The molecule has 0 saturated heterocycles. The molecule has 0 spiro atoms. The van der Waals surface area contributed by atoms with Gasteiger partial charge in [-0.3, -0.25) is 0 Å². The van der Waals surface area contributed by atoms with E-state index in [4.69, 9.17) is 9.15 Å². The molecule has 0 fully saturated rings. The minimum absolute atomic E-state index is 0.679. The van der Waals surface area contributed by atoms with E-state index >= 15 is 0 Å². The Bertz CT molecular complexity index is 477. The molecule has 0 aliphatic carbocycles.